The number of para-hydroxylation sites is 2. The van der Waals surface area contributed by atoms with Crippen molar-refractivity contribution in [2.75, 3.05) is 16.2 Å². The van der Waals surface area contributed by atoms with Gasteiger partial charge in [-0.3, -0.25) is 25.0 Å². The normalized spacial score (nSPS) is 10.9. The third kappa shape index (κ3) is 4.96. The molecule has 1 amide bonds. The van der Waals surface area contributed by atoms with Gasteiger partial charge in [0.1, 0.15) is 12.2 Å². The number of hydrogen-bond acceptors (Lipinski definition) is 7. The maximum atomic E-state index is 13.3. The van der Waals surface area contributed by atoms with Gasteiger partial charge in [0.05, 0.1) is 26.0 Å². The Morgan fingerprint density at radius 2 is 1.45 bits per heavy atom. The van der Waals surface area contributed by atoms with Crippen molar-refractivity contribution in [1.82, 2.24) is 0 Å². The molecule has 3 aromatic carbocycles. The Hall–Kier alpha value is -4.32. The van der Waals surface area contributed by atoms with Gasteiger partial charge in [0.25, 0.3) is 21.4 Å². The fourth-order valence-electron chi connectivity index (χ4n) is 3.13. The van der Waals surface area contributed by atoms with E-state index >= 15 is 0 Å². The predicted molar refractivity (Wildman–Crippen MR) is 121 cm³/mol. The highest BCUT2D eigenvalue weighted by molar-refractivity contribution is 7.92. The molecule has 3 aromatic rings. The fourth-order valence-corrected chi connectivity index (χ4v) is 4.58. The minimum Gasteiger partial charge on any atom is -0.324 e. The zero-order valence-corrected chi connectivity index (χ0v) is 18.1. The van der Waals surface area contributed by atoms with E-state index in [4.69, 9.17) is 0 Å². The lowest BCUT2D eigenvalue weighted by Crippen LogP contribution is -2.38. The van der Waals surface area contributed by atoms with Crippen LogP contribution in [0.2, 0.25) is 0 Å². The van der Waals surface area contributed by atoms with Crippen molar-refractivity contribution in [2.24, 2.45) is 0 Å². The van der Waals surface area contributed by atoms with E-state index in [1.807, 2.05) is 0 Å². The molecule has 0 saturated carbocycles. The zero-order chi connectivity index (χ0) is 24.2. The molecule has 0 saturated heterocycles. The molecule has 0 aliphatic carbocycles. The van der Waals surface area contributed by atoms with Crippen LogP contribution in [0.1, 0.15) is 5.56 Å². The summed E-state index contributed by atoms with van der Waals surface area (Å²) in [6.45, 7) is 0.637. The van der Waals surface area contributed by atoms with E-state index in [0.29, 0.717) is 4.31 Å². The van der Waals surface area contributed by atoms with Crippen LogP contribution < -0.4 is 9.62 Å². The van der Waals surface area contributed by atoms with Crippen LogP contribution in [0.3, 0.4) is 0 Å². The van der Waals surface area contributed by atoms with Crippen molar-refractivity contribution >= 4 is 38.7 Å². The van der Waals surface area contributed by atoms with Gasteiger partial charge in [-0.05, 0) is 31.2 Å². The van der Waals surface area contributed by atoms with Gasteiger partial charge in [-0.15, -0.1) is 0 Å². The molecular weight excluding hydrogens is 452 g/mol. The standard InChI is InChI=1S/C21H18N4O7S/c1-15-17(10-7-13-18(15)24(27)28)22-21(26)14-23(19-11-5-6-12-20(19)25(29)30)33(31,32)16-8-3-2-4-9-16/h2-13H,14H2,1H3,(H,22,26). The van der Waals surface area contributed by atoms with E-state index in [1.165, 1.54) is 67.6 Å². The highest BCUT2D eigenvalue weighted by Gasteiger charge is 2.32. The summed E-state index contributed by atoms with van der Waals surface area (Å²) in [4.78, 5) is 34.0. The van der Waals surface area contributed by atoms with Crippen molar-refractivity contribution in [3.05, 3.63) is 98.6 Å². The van der Waals surface area contributed by atoms with E-state index in [0.717, 1.165) is 6.07 Å². The maximum Gasteiger partial charge on any atom is 0.293 e. The van der Waals surface area contributed by atoms with Crippen LogP contribution in [0.25, 0.3) is 0 Å². The molecule has 0 atom stereocenters. The lowest BCUT2D eigenvalue weighted by Gasteiger charge is -2.24. The van der Waals surface area contributed by atoms with E-state index in [1.54, 1.807) is 6.07 Å². The smallest absolute Gasteiger partial charge is 0.293 e. The first-order chi connectivity index (χ1) is 15.6. The summed E-state index contributed by atoms with van der Waals surface area (Å²) >= 11 is 0. The van der Waals surface area contributed by atoms with Crippen LogP contribution in [-0.2, 0) is 14.8 Å². The molecule has 12 heteroatoms. The van der Waals surface area contributed by atoms with Crippen molar-refractivity contribution in [1.29, 1.82) is 0 Å². The van der Waals surface area contributed by atoms with E-state index in [9.17, 15) is 33.4 Å². The van der Waals surface area contributed by atoms with Gasteiger partial charge in [0.2, 0.25) is 5.91 Å². The third-order valence-electron chi connectivity index (χ3n) is 4.74. The molecule has 0 aliphatic heterocycles. The Kier molecular flexibility index (Phi) is 6.68. The van der Waals surface area contributed by atoms with Gasteiger partial charge < -0.3 is 5.32 Å². The molecule has 0 aliphatic rings. The number of sulfonamides is 1. The van der Waals surface area contributed by atoms with Gasteiger partial charge in [0.15, 0.2) is 0 Å². The fraction of sp³-hybridized carbons (Fsp3) is 0.0952. The molecule has 33 heavy (non-hydrogen) atoms. The topological polar surface area (TPSA) is 153 Å². The van der Waals surface area contributed by atoms with Crippen molar-refractivity contribution in [3.8, 4) is 0 Å². The SMILES string of the molecule is Cc1c(NC(=O)CN(c2ccccc2[N+](=O)[O-])S(=O)(=O)c2ccccc2)cccc1[N+](=O)[O-]. The summed E-state index contributed by atoms with van der Waals surface area (Å²) in [5.74, 6) is -0.837. The quantitative estimate of drug-likeness (QED) is 0.389. The number of hydrogen-bond donors (Lipinski definition) is 1. The number of nitrogens with zero attached hydrogens (tertiary/aromatic N) is 3. The molecule has 0 unspecified atom stereocenters. The van der Waals surface area contributed by atoms with Crippen LogP contribution in [0.15, 0.2) is 77.7 Å². The van der Waals surface area contributed by atoms with Crippen LogP contribution in [0.4, 0.5) is 22.7 Å². The van der Waals surface area contributed by atoms with Crippen molar-refractivity contribution in [3.63, 3.8) is 0 Å². The second-order valence-corrected chi connectivity index (χ2v) is 8.69. The molecule has 0 heterocycles. The number of carbonyl (C=O) groups excluding carboxylic acids is 1. The molecule has 0 fully saturated rings. The molecule has 11 nitrogen and oxygen atoms in total. The first kappa shape index (κ1) is 23.3. The summed E-state index contributed by atoms with van der Waals surface area (Å²) < 4.78 is 27.3. The van der Waals surface area contributed by atoms with E-state index < -0.39 is 38.0 Å². The van der Waals surface area contributed by atoms with Crippen LogP contribution in [0, 0.1) is 27.2 Å². The molecule has 0 radical (unpaired) electrons. The summed E-state index contributed by atoms with van der Waals surface area (Å²) in [6, 6.07) is 16.4. The van der Waals surface area contributed by atoms with Crippen LogP contribution in [0.5, 0.6) is 0 Å². The van der Waals surface area contributed by atoms with Gasteiger partial charge in [0, 0.05) is 12.1 Å². The first-order valence-electron chi connectivity index (χ1n) is 9.48. The molecular formula is C21H18N4O7S. The van der Waals surface area contributed by atoms with Crippen LogP contribution >= 0.6 is 0 Å². The largest absolute Gasteiger partial charge is 0.324 e. The number of nitrogens with one attached hydrogen (secondary N) is 1. The molecule has 3 rings (SSSR count). The Bertz CT molecular complexity index is 1330. The number of rotatable bonds is 8. The minimum absolute atomic E-state index is 0.119. The zero-order valence-electron chi connectivity index (χ0n) is 17.2. The summed E-state index contributed by atoms with van der Waals surface area (Å²) in [6.07, 6.45) is 0. The molecule has 1 N–H and O–H groups in total. The lowest BCUT2D eigenvalue weighted by molar-refractivity contribution is -0.385. The first-order valence-corrected chi connectivity index (χ1v) is 10.9. The highest BCUT2D eigenvalue weighted by atomic mass is 32.2. The number of nitro groups is 2. The lowest BCUT2D eigenvalue weighted by atomic mass is 10.1. The van der Waals surface area contributed by atoms with Crippen molar-refractivity contribution < 1.29 is 23.1 Å². The predicted octanol–water partition coefficient (Wildman–Crippen LogP) is 3.65. The van der Waals surface area contributed by atoms with Crippen LogP contribution in [-0.4, -0.2) is 30.7 Å². The average molecular weight is 470 g/mol. The average Bonchev–Trinajstić information content (AvgIpc) is 2.79. The van der Waals surface area contributed by atoms with Gasteiger partial charge >= 0.3 is 0 Å². The number of anilines is 2. The molecule has 0 bridgehead atoms. The maximum absolute atomic E-state index is 13.3. The number of benzene rings is 3. The van der Waals surface area contributed by atoms with Gasteiger partial charge in [-0.25, -0.2) is 12.7 Å². The Balaban J connectivity index is 2.03. The monoisotopic (exact) mass is 470 g/mol. The van der Waals surface area contributed by atoms with Crippen molar-refractivity contribution in [2.45, 2.75) is 11.8 Å². The van der Waals surface area contributed by atoms with E-state index in [2.05, 4.69) is 5.32 Å². The Labute approximate surface area is 188 Å². The van der Waals surface area contributed by atoms with E-state index in [-0.39, 0.29) is 27.5 Å². The summed E-state index contributed by atoms with van der Waals surface area (Å²) in [5, 5.41) is 25.1. The Morgan fingerprint density at radius 1 is 0.879 bits per heavy atom. The second-order valence-electron chi connectivity index (χ2n) is 6.83. The number of carbonyl (C=O) groups is 1. The summed E-state index contributed by atoms with van der Waals surface area (Å²) in [7, 11) is -4.37. The molecule has 0 aromatic heterocycles. The molecule has 170 valence electrons. The highest BCUT2D eigenvalue weighted by Crippen LogP contribution is 2.32. The second kappa shape index (κ2) is 9.44. The van der Waals surface area contributed by atoms with Gasteiger partial charge in [-0.2, -0.15) is 0 Å². The molecule has 0 spiro atoms. The van der Waals surface area contributed by atoms with Gasteiger partial charge in [-0.1, -0.05) is 36.4 Å². The number of amides is 1. The minimum atomic E-state index is -4.37. The Morgan fingerprint density at radius 3 is 2.09 bits per heavy atom. The number of nitro benzene ring substituents is 2. The third-order valence-corrected chi connectivity index (χ3v) is 6.52. The summed E-state index contributed by atoms with van der Waals surface area (Å²) in [5.41, 5.74) is -0.721.